The predicted octanol–water partition coefficient (Wildman–Crippen LogP) is 1.66. The third kappa shape index (κ3) is 2.53. The van der Waals surface area contributed by atoms with Gasteiger partial charge in [0, 0.05) is 43.8 Å². The largest absolute Gasteiger partial charge is 0.399 e. The number of imidazole rings is 1. The first-order valence-corrected chi connectivity index (χ1v) is 5.31. The maximum absolute atomic E-state index is 5.69. The topological polar surface area (TPSA) is 55.9 Å². The molecule has 0 spiro atoms. The Labute approximate surface area is 95.1 Å². The van der Waals surface area contributed by atoms with Gasteiger partial charge in [0.1, 0.15) is 5.82 Å². The van der Waals surface area contributed by atoms with Crippen LogP contribution in [0.1, 0.15) is 5.82 Å². The summed E-state index contributed by atoms with van der Waals surface area (Å²) in [7, 11) is 2.00. The molecule has 0 fully saturated rings. The number of aromatic nitrogens is 2. The zero-order valence-corrected chi connectivity index (χ0v) is 9.35. The number of rotatable bonds is 4. The van der Waals surface area contributed by atoms with Crippen molar-refractivity contribution in [3.63, 3.8) is 0 Å². The van der Waals surface area contributed by atoms with E-state index < -0.39 is 0 Å². The second-order valence-electron chi connectivity index (χ2n) is 3.76. The first-order chi connectivity index (χ1) is 7.75. The molecule has 0 aliphatic rings. The van der Waals surface area contributed by atoms with Gasteiger partial charge in [-0.05, 0) is 18.2 Å². The minimum absolute atomic E-state index is 0.780. The van der Waals surface area contributed by atoms with E-state index in [1.54, 1.807) is 0 Å². The van der Waals surface area contributed by atoms with Crippen LogP contribution < -0.4 is 11.1 Å². The second kappa shape index (κ2) is 4.70. The molecule has 0 unspecified atom stereocenters. The summed E-state index contributed by atoms with van der Waals surface area (Å²) in [6.07, 6.45) is 4.67. The van der Waals surface area contributed by atoms with E-state index in [1.165, 1.54) is 0 Å². The molecule has 0 atom stereocenters. The van der Waals surface area contributed by atoms with Crippen LogP contribution in [-0.4, -0.2) is 16.1 Å². The zero-order valence-electron chi connectivity index (χ0n) is 9.35. The quantitative estimate of drug-likeness (QED) is 0.764. The summed E-state index contributed by atoms with van der Waals surface area (Å²) in [5.74, 6) is 1.08. The summed E-state index contributed by atoms with van der Waals surface area (Å²) in [5.41, 5.74) is 7.52. The lowest BCUT2D eigenvalue weighted by Crippen LogP contribution is -2.08. The summed E-state index contributed by atoms with van der Waals surface area (Å²) in [6, 6.07) is 7.76. The first kappa shape index (κ1) is 10.5. The molecule has 0 radical (unpaired) electrons. The van der Waals surface area contributed by atoms with Gasteiger partial charge in [-0.1, -0.05) is 6.07 Å². The Bertz CT molecular complexity index is 462. The average molecular weight is 216 g/mol. The number of hydrogen-bond donors (Lipinski definition) is 2. The van der Waals surface area contributed by atoms with E-state index in [9.17, 15) is 0 Å². The van der Waals surface area contributed by atoms with Gasteiger partial charge in [0.05, 0.1) is 0 Å². The van der Waals surface area contributed by atoms with Gasteiger partial charge in [-0.15, -0.1) is 0 Å². The first-order valence-electron chi connectivity index (χ1n) is 5.31. The van der Waals surface area contributed by atoms with E-state index >= 15 is 0 Å². The van der Waals surface area contributed by atoms with Crippen LogP contribution in [0.2, 0.25) is 0 Å². The van der Waals surface area contributed by atoms with Gasteiger partial charge >= 0.3 is 0 Å². The number of anilines is 2. The molecule has 3 N–H and O–H groups in total. The van der Waals surface area contributed by atoms with Crippen molar-refractivity contribution in [3.8, 4) is 0 Å². The summed E-state index contributed by atoms with van der Waals surface area (Å²) in [4.78, 5) is 4.26. The molecule has 4 heteroatoms. The molecule has 4 nitrogen and oxygen atoms in total. The van der Waals surface area contributed by atoms with Crippen molar-refractivity contribution >= 4 is 11.4 Å². The van der Waals surface area contributed by atoms with E-state index in [0.29, 0.717) is 0 Å². The summed E-state index contributed by atoms with van der Waals surface area (Å²) in [5, 5.41) is 3.32. The van der Waals surface area contributed by atoms with Crippen LogP contribution in [0.3, 0.4) is 0 Å². The molecule has 84 valence electrons. The lowest BCUT2D eigenvalue weighted by molar-refractivity contribution is 0.790. The molecule has 2 aromatic rings. The van der Waals surface area contributed by atoms with Crippen LogP contribution in [0.15, 0.2) is 36.7 Å². The van der Waals surface area contributed by atoms with E-state index in [1.807, 2.05) is 48.3 Å². The molecule has 0 amide bonds. The van der Waals surface area contributed by atoms with E-state index in [-0.39, 0.29) is 0 Å². The van der Waals surface area contributed by atoms with Gasteiger partial charge in [-0.25, -0.2) is 4.98 Å². The number of aryl methyl sites for hydroxylation is 1. The standard InChI is InChI=1S/C12H16N4/c1-16-8-7-15-12(16)5-6-14-11-4-2-3-10(13)9-11/h2-4,7-9,14H,5-6,13H2,1H3. The predicted molar refractivity (Wildman–Crippen MR) is 66.3 cm³/mol. The van der Waals surface area contributed by atoms with Crippen LogP contribution in [-0.2, 0) is 13.5 Å². The molecular formula is C12H16N4. The molecule has 1 aromatic carbocycles. The number of benzene rings is 1. The minimum Gasteiger partial charge on any atom is -0.399 e. The number of nitrogen functional groups attached to an aromatic ring is 1. The van der Waals surface area contributed by atoms with Crippen molar-refractivity contribution in [2.24, 2.45) is 7.05 Å². The fraction of sp³-hybridized carbons (Fsp3) is 0.250. The number of nitrogens with zero attached hydrogens (tertiary/aromatic N) is 2. The molecule has 0 saturated heterocycles. The molecule has 0 aliphatic heterocycles. The lowest BCUT2D eigenvalue weighted by atomic mass is 10.3. The molecular weight excluding hydrogens is 200 g/mol. The van der Waals surface area contributed by atoms with E-state index in [4.69, 9.17) is 5.73 Å². The molecule has 1 heterocycles. The zero-order chi connectivity index (χ0) is 11.4. The average Bonchev–Trinajstić information content (AvgIpc) is 2.65. The van der Waals surface area contributed by atoms with Gasteiger partial charge in [-0.3, -0.25) is 0 Å². The van der Waals surface area contributed by atoms with Crippen molar-refractivity contribution < 1.29 is 0 Å². The lowest BCUT2D eigenvalue weighted by Gasteiger charge is -2.06. The Hall–Kier alpha value is -1.97. The SMILES string of the molecule is Cn1ccnc1CCNc1cccc(N)c1. The van der Waals surface area contributed by atoms with Crippen LogP contribution in [0.4, 0.5) is 11.4 Å². The van der Waals surface area contributed by atoms with Crippen LogP contribution in [0.5, 0.6) is 0 Å². The van der Waals surface area contributed by atoms with Crippen LogP contribution in [0, 0.1) is 0 Å². The van der Waals surface area contributed by atoms with Crippen LogP contribution >= 0.6 is 0 Å². The summed E-state index contributed by atoms with van der Waals surface area (Å²) in [6.45, 7) is 0.855. The normalized spacial score (nSPS) is 10.3. The Morgan fingerprint density at radius 1 is 1.44 bits per heavy atom. The molecule has 0 bridgehead atoms. The monoisotopic (exact) mass is 216 g/mol. The Balaban J connectivity index is 1.87. The highest BCUT2D eigenvalue weighted by molar-refractivity contribution is 5.53. The van der Waals surface area contributed by atoms with Gasteiger partial charge in [0.2, 0.25) is 0 Å². The molecule has 16 heavy (non-hydrogen) atoms. The maximum atomic E-state index is 5.69. The Morgan fingerprint density at radius 3 is 3.00 bits per heavy atom. The number of nitrogens with one attached hydrogen (secondary N) is 1. The van der Waals surface area contributed by atoms with Gasteiger partial charge in [0.25, 0.3) is 0 Å². The minimum atomic E-state index is 0.780. The molecule has 1 aromatic heterocycles. The van der Waals surface area contributed by atoms with Crippen molar-refractivity contribution in [1.29, 1.82) is 0 Å². The van der Waals surface area contributed by atoms with Gasteiger partial charge < -0.3 is 15.6 Å². The smallest absolute Gasteiger partial charge is 0.110 e. The second-order valence-corrected chi connectivity index (χ2v) is 3.76. The van der Waals surface area contributed by atoms with Gasteiger partial charge in [0.15, 0.2) is 0 Å². The van der Waals surface area contributed by atoms with Crippen molar-refractivity contribution in [2.45, 2.75) is 6.42 Å². The fourth-order valence-corrected chi connectivity index (χ4v) is 1.60. The maximum Gasteiger partial charge on any atom is 0.110 e. The summed E-state index contributed by atoms with van der Waals surface area (Å²) >= 11 is 0. The molecule has 0 aliphatic carbocycles. The van der Waals surface area contributed by atoms with Gasteiger partial charge in [-0.2, -0.15) is 0 Å². The fourth-order valence-electron chi connectivity index (χ4n) is 1.60. The highest BCUT2D eigenvalue weighted by Crippen LogP contribution is 2.11. The Morgan fingerprint density at radius 2 is 2.31 bits per heavy atom. The van der Waals surface area contributed by atoms with Crippen molar-refractivity contribution in [1.82, 2.24) is 9.55 Å². The van der Waals surface area contributed by atoms with Crippen LogP contribution in [0.25, 0.3) is 0 Å². The number of hydrogen-bond acceptors (Lipinski definition) is 3. The molecule has 2 rings (SSSR count). The third-order valence-corrected chi connectivity index (χ3v) is 2.49. The highest BCUT2D eigenvalue weighted by Gasteiger charge is 1.98. The third-order valence-electron chi connectivity index (χ3n) is 2.49. The Kier molecular flexibility index (Phi) is 3.10. The van der Waals surface area contributed by atoms with E-state index in [2.05, 4.69) is 10.3 Å². The highest BCUT2D eigenvalue weighted by atomic mass is 15.0. The van der Waals surface area contributed by atoms with Crippen molar-refractivity contribution in [2.75, 3.05) is 17.6 Å². The van der Waals surface area contributed by atoms with E-state index in [0.717, 1.165) is 30.2 Å². The number of nitrogens with two attached hydrogens (primary N) is 1. The molecule has 0 saturated carbocycles. The van der Waals surface area contributed by atoms with Crippen molar-refractivity contribution in [3.05, 3.63) is 42.5 Å². The summed E-state index contributed by atoms with van der Waals surface area (Å²) < 4.78 is 2.03.